The third-order valence-corrected chi connectivity index (χ3v) is 4.74. The van der Waals surface area contributed by atoms with E-state index in [9.17, 15) is 9.90 Å². The van der Waals surface area contributed by atoms with Gasteiger partial charge in [0.1, 0.15) is 17.3 Å². The van der Waals surface area contributed by atoms with Crippen LogP contribution in [0.5, 0.6) is 5.75 Å². The summed E-state index contributed by atoms with van der Waals surface area (Å²) < 4.78 is 10.5. The summed E-state index contributed by atoms with van der Waals surface area (Å²) in [6.45, 7) is 5.08. The number of carbonyl (C=O) groups excluding carboxylic acids is 1. The number of benzene rings is 1. The topological polar surface area (TPSA) is 72.6 Å². The molecule has 5 nitrogen and oxygen atoms in total. The molecular formula is C18H21NO4. The van der Waals surface area contributed by atoms with Gasteiger partial charge in [-0.3, -0.25) is 4.79 Å². The van der Waals surface area contributed by atoms with Crippen LogP contribution in [-0.2, 0) is 11.2 Å². The van der Waals surface area contributed by atoms with Gasteiger partial charge < -0.3 is 14.4 Å². The molecule has 1 N–H and O–H groups in total. The van der Waals surface area contributed by atoms with Gasteiger partial charge in [-0.25, -0.2) is 0 Å². The van der Waals surface area contributed by atoms with Gasteiger partial charge >= 0.3 is 0 Å². The molecule has 0 amide bonds. The summed E-state index contributed by atoms with van der Waals surface area (Å²) >= 11 is 0. The third-order valence-electron chi connectivity index (χ3n) is 4.74. The molecule has 1 aliphatic carbocycles. The van der Waals surface area contributed by atoms with Gasteiger partial charge in [0, 0.05) is 17.9 Å². The Morgan fingerprint density at radius 3 is 2.61 bits per heavy atom. The second kappa shape index (κ2) is 5.49. The smallest absolute Gasteiger partial charge is 0.137 e. The van der Waals surface area contributed by atoms with Gasteiger partial charge in [0.25, 0.3) is 0 Å². The van der Waals surface area contributed by atoms with Crippen molar-refractivity contribution >= 4 is 5.78 Å². The van der Waals surface area contributed by atoms with E-state index >= 15 is 0 Å². The van der Waals surface area contributed by atoms with E-state index in [-0.39, 0.29) is 11.7 Å². The van der Waals surface area contributed by atoms with Crippen LogP contribution in [0.1, 0.15) is 42.3 Å². The van der Waals surface area contributed by atoms with Crippen molar-refractivity contribution in [2.45, 2.75) is 38.7 Å². The second-order valence-corrected chi connectivity index (χ2v) is 6.47. The molecular weight excluding hydrogens is 294 g/mol. The summed E-state index contributed by atoms with van der Waals surface area (Å²) in [6, 6.07) is 7.57. The molecule has 1 aromatic heterocycles. The van der Waals surface area contributed by atoms with E-state index < -0.39 is 11.5 Å². The maximum Gasteiger partial charge on any atom is 0.137 e. The standard InChI is InChI=1S/C18H21NO4/c1-10(20)17-16(12-5-7-13(22-4)8-6-12)15-11(2)23-19-14(15)9-18(17,3)21/h5-8,16-17,21H,9H2,1-4H3/t16-,17+,18-/m1/s1. The molecule has 5 heteroatoms. The van der Waals surface area contributed by atoms with Gasteiger partial charge in [0.2, 0.25) is 0 Å². The number of aryl methyl sites for hydroxylation is 1. The molecule has 3 rings (SSSR count). The molecule has 0 unspecified atom stereocenters. The first kappa shape index (κ1) is 15.7. The number of ketones is 1. The molecule has 1 aromatic carbocycles. The molecule has 0 aliphatic heterocycles. The monoisotopic (exact) mass is 315 g/mol. The number of hydrogen-bond acceptors (Lipinski definition) is 5. The van der Waals surface area contributed by atoms with Gasteiger partial charge in [0.15, 0.2) is 0 Å². The number of carbonyl (C=O) groups is 1. The van der Waals surface area contributed by atoms with E-state index in [2.05, 4.69) is 5.16 Å². The van der Waals surface area contributed by atoms with Crippen LogP contribution >= 0.6 is 0 Å². The van der Waals surface area contributed by atoms with Gasteiger partial charge in [-0.15, -0.1) is 0 Å². The van der Waals surface area contributed by atoms with E-state index in [4.69, 9.17) is 9.26 Å². The number of hydrogen-bond donors (Lipinski definition) is 1. The maximum atomic E-state index is 12.3. The van der Waals surface area contributed by atoms with Crippen molar-refractivity contribution in [1.29, 1.82) is 0 Å². The summed E-state index contributed by atoms with van der Waals surface area (Å²) in [7, 11) is 1.61. The first-order valence-electron chi connectivity index (χ1n) is 7.67. The zero-order chi connectivity index (χ0) is 16.8. The highest BCUT2D eigenvalue weighted by Crippen LogP contribution is 2.47. The highest BCUT2D eigenvalue weighted by molar-refractivity contribution is 5.82. The summed E-state index contributed by atoms with van der Waals surface area (Å²) in [5.41, 5.74) is 1.43. The number of fused-ring (bicyclic) bond motifs is 1. The van der Waals surface area contributed by atoms with Crippen LogP contribution in [0.25, 0.3) is 0 Å². The minimum atomic E-state index is -1.16. The van der Waals surface area contributed by atoms with Crippen molar-refractivity contribution in [2.24, 2.45) is 5.92 Å². The highest BCUT2D eigenvalue weighted by atomic mass is 16.5. The Hall–Kier alpha value is -2.14. The number of ether oxygens (including phenoxy) is 1. The minimum absolute atomic E-state index is 0.0398. The molecule has 0 radical (unpaired) electrons. The summed E-state index contributed by atoms with van der Waals surface area (Å²) in [4.78, 5) is 12.3. The minimum Gasteiger partial charge on any atom is -0.497 e. The largest absolute Gasteiger partial charge is 0.497 e. The van der Waals surface area contributed by atoms with E-state index in [1.54, 1.807) is 14.0 Å². The average molecular weight is 315 g/mol. The summed E-state index contributed by atoms with van der Waals surface area (Å²) in [5, 5.41) is 15.0. The van der Waals surface area contributed by atoms with E-state index in [1.165, 1.54) is 6.92 Å². The molecule has 1 aliphatic rings. The number of methoxy groups -OCH3 is 1. The van der Waals surface area contributed by atoms with Crippen LogP contribution < -0.4 is 4.74 Å². The van der Waals surface area contributed by atoms with Crippen LogP contribution in [0, 0.1) is 12.8 Å². The van der Waals surface area contributed by atoms with Crippen molar-refractivity contribution in [3.8, 4) is 5.75 Å². The first-order chi connectivity index (χ1) is 10.8. The summed E-state index contributed by atoms with van der Waals surface area (Å²) in [6.07, 6.45) is 0.316. The van der Waals surface area contributed by atoms with Gasteiger partial charge in [-0.2, -0.15) is 0 Å². The van der Waals surface area contributed by atoms with Crippen LogP contribution in [0.4, 0.5) is 0 Å². The highest BCUT2D eigenvalue weighted by Gasteiger charge is 2.49. The SMILES string of the molecule is COc1ccc([C@@H]2c3c(noc3C)C[C@@](C)(O)[C@H]2C(C)=O)cc1. The quantitative estimate of drug-likeness (QED) is 0.942. The Morgan fingerprint density at radius 1 is 1.39 bits per heavy atom. The Labute approximate surface area is 135 Å². The number of Topliss-reactive ketones (excluding diaryl/α,β-unsaturated/α-hetero) is 1. The first-order valence-corrected chi connectivity index (χ1v) is 7.67. The lowest BCUT2D eigenvalue weighted by Crippen LogP contribution is -2.48. The molecule has 3 atom stereocenters. The van der Waals surface area contributed by atoms with Crippen molar-refractivity contribution in [2.75, 3.05) is 7.11 Å². The van der Waals surface area contributed by atoms with Gasteiger partial charge in [-0.1, -0.05) is 17.3 Å². The molecule has 1 heterocycles. The molecule has 0 bridgehead atoms. The van der Waals surface area contributed by atoms with E-state index in [1.807, 2.05) is 31.2 Å². The number of rotatable bonds is 3. The van der Waals surface area contributed by atoms with Crippen LogP contribution in [0.15, 0.2) is 28.8 Å². The summed E-state index contributed by atoms with van der Waals surface area (Å²) in [5.74, 6) is 0.590. The fourth-order valence-corrected chi connectivity index (χ4v) is 3.77. The van der Waals surface area contributed by atoms with Crippen molar-refractivity contribution in [1.82, 2.24) is 5.16 Å². The van der Waals surface area contributed by atoms with Crippen LogP contribution in [0.2, 0.25) is 0 Å². The lowest BCUT2D eigenvalue weighted by Gasteiger charge is -2.40. The lowest BCUT2D eigenvalue weighted by atomic mass is 9.64. The maximum absolute atomic E-state index is 12.3. The van der Waals surface area contributed by atoms with E-state index in [0.29, 0.717) is 12.2 Å². The predicted molar refractivity (Wildman–Crippen MR) is 84.6 cm³/mol. The fourth-order valence-electron chi connectivity index (χ4n) is 3.77. The Morgan fingerprint density at radius 2 is 2.04 bits per heavy atom. The number of nitrogens with zero attached hydrogens (tertiary/aromatic N) is 1. The van der Waals surface area contributed by atoms with E-state index in [0.717, 1.165) is 22.6 Å². The van der Waals surface area contributed by atoms with Crippen molar-refractivity contribution in [3.63, 3.8) is 0 Å². The Bertz CT molecular complexity index is 730. The molecule has 23 heavy (non-hydrogen) atoms. The van der Waals surface area contributed by atoms with Gasteiger partial charge in [0.05, 0.1) is 24.3 Å². The Balaban J connectivity index is 2.19. The van der Waals surface area contributed by atoms with Gasteiger partial charge in [-0.05, 0) is 38.5 Å². The Kier molecular flexibility index (Phi) is 3.76. The number of aromatic nitrogens is 1. The van der Waals surface area contributed by atoms with Crippen molar-refractivity contribution < 1.29 is 19.2 Å². The molecule has 2 aromatic rings. The molecule has 122 valence electrons. The number of aliphatic hydroxyl groups is 1. The van der Waals surface area contributed by atoms with Crippen LogP contribution in [0.3, 0.4) is 0 Å². The molecule has 0 saturated carbocycles. The third kappa shape index (κ3) is 2.55. The second-order valence-electron chi connectivity index (χ2n) is 6.47. The average Bonchev–Trinajstić information content (AvgIpc) is 2.85. The molecule has 0 saturated heterocycles. The molecule has 0 spiro atoms. The predicted octanol–water partition coefficient (Wildman–Crippen LogP) is 2.64. The zero-order valence-electron chi connectivity index (χ0n) is 13.8. The molecule has 0 fully saturated rings. The normalized spacial score (nSPS) is 26.7. The zero-order valence-corrected chi connectivity index (χ0v) is 13.8. The lowest BCUT2D eigenvalue weighted by molar-refractivity contribution is -0.130. The fraction of sp³-hybridized carbons (Fsp3) is 0.444. The van der Waals surface area contributed by atoms with Crippen LogP contribution in [-0.4, -0.2) is 28.8 Å². The van der Waals surface area contributed by atoms with Crippen molar-refractivity contribution in [3.05, 3.63) is 46.8 Å².